The largest absolute Gasteiger partial charge is 0.544 e. The Morgan fingerprint density at radius 2 is 1.09 bits per heavy atom. The van der Waals surface area contributed by atoms with Gasteiger partial charge >= 0.3 is 11.9 Å². The predicted octanol–water partition coefficient (Wildman–Crippen LogP) is 9.35. The van der Waals surface area contributed by atoms with Gasteiger partial charge in [-0.3, -0.25) is 9.59 Å². The monoisotopic (exact) mass is 762 g/mol. The summed E-state index contributed by atoms with van der Waals surface area (Å²) in [5.74, 6) is -1.92. The molecule has 0 saturated carbocycles. The number of ether oxygens (including phenoxy) is 3. The second-order valence-corrected chi connectivity index (χ2v) is 13.9. The SMILES string of the molecule is CC/C=C/C=C/C=C/C=C/C=C/CCCCCC(=O)OCC(COCCC(C(=O)[O-])[N+](C)(C)C)OC(=O)CC/C=C/C/C=C/C/C=C/C/C=C/C/C=C/CC. The molecule has 0 radical (unpaired) electrons. The molecule has 0 aliphatic heterocycles. The molecule has 0 aliphatic rings. The van der Waals surface area contributed by atoms with Gasteiger partial charge in [-0.15, -0.1) is 0 Å². The van der Waals surface area contributed by atoms with E-state index in [2.05, 4.69) is 74.6 Å². The minimum atomic E-state index is -1.15. The predicted molar refractivity (Wildman–Crippen MR) is 226 cm³/mol. The number of esters is 2. The van der Waals surface area contributed by atoms with Crippen LogP contribution in [0.4, 0.5) is 0 Å². The summed E-state index contributed by atoms with van der Waals surface area (Å²) in [4.78, 5) is 36.7. The standard InChI is InChI=1S/C47H71NO7/c1-6-8-10-12-14-16-18-20-22-24-26-28-30-32-34-36-38-46(50)55-43(41-53-40-39-44(47(51)52)48(3,4)5)42-54-45(49)37-35-33-31-29-27-25-23-21-19-17-15-13-11-9-7-2/h8-11,13-17,19-23,25-28,32,34,43-44H,6-7,12,18,24,29-31,33,35-42H2,1-5H3/b10-8+,11-9+,15-13+,16-14+,19-17+,22-20+,23-21+,27-25+,28-26+,34-32+. The highest BCUT2D eigenvalue weighted by molar-refractivity contribution is 5.70. The van der Waals surface area contributed by atoms with Crippen molar-refractivity contribution in [3.8, 4) is 0 Å². The summed E-state index contributed by atoms with van der Waals surface area (Å²) in [5.41, 5.74) is 0. The lowest BCUT2D eigenvalue weighted by Gasteiger charge is -2.34. The maximum absolute atomic E-state index is 12.6. The highest BCUT2D eigenvalue weighted by atomic mass is 16.6. The molecule has 0 bridgehead atoms. The van der Waals surface area contributed by atoms with Crippen molar-refractivity contribution in [3.05, 3.63) is 122 Å². The molecule has 55 heavy (non-hydrogen) atoms. The van der Waals surface area contributed by atoms with E-state index in [4.69, 9.17) is 14.2 Å². The van der Waals surface area contributed by atoms with E-state index in [1.54, 1.807) is 21.1 Å². The normalized spacial score (nSPS) is 14.3. The fraction of sp³-hybridized carbons (Fsp3) is 0.511. The van der Waals surface area contributed by atoms with Crippen LogP contribution in [0.5, 0.6) is 0 Å². The lowest BCUT2D eigenvalue weighted by atomic mass is 10.1. The van der Waals surface area contributed by atoms with Crippen molar-refractivity contribution in [3.63, 3.8) is 0 Å². The van der Waals surface area contributed by atoms with Crippen LogP contribution in [0.15, 0.2) is 122 Å². The first-order valence-electron chi connectivity index (χ1n) is 20.1. The first-order chi connectivity index (χ1) is 26.6. The van der Waals surface area contributed by atoms with E-state index in [0.717, 1.165) is 57.8 Å². The van der Waals surface area contributed by atoms with Crippen LogP contribution in [0.1, 0.15) is 104 Å². The molecule has 0 aromatic heterocycles. The topological polar surface area (TPSA) is 102 Å². The van der Waals surface area contributed by atoms with Crippen LogP contribution in [0.2, 0.25) is 0 Å². The lowest BCUT2D eigenvalue weighted by molar-refractivity contribution is -0.889. The molecule has 0 aromatic carbocycles. The maximum atomic E-state index is 12.6. The third-order valence-electron chi connectivity index (χ3n) is 7.98. The van der Waals surface area contributed by atoms with Crippen molar-refractivity contribution in [1.82, 2.24) is 0 Å². The number of likely N-dealkylation sites (N-methyl/N-ethyl adjacent to an activating group) is 1. The van der Waals surface area contributed by atoms with Crippen LogP contribution >= 0.6 is 0 Å². The average Bonchev–Trinajstić information content (AvgIpc) is 3.14. The molecule has 0 aliphatic carbocycles. The van der Waals surface area contributed by atoms with Gasteiger partial charge in [0.15, 0.2) is 6.10 Å². The smallest absolute Gasteiger partial charge is 0.306 e. The number of carboxylic acid groups (broad SMARTS) is 1. The van der Waals surface area contributed by atoms with E-state index in [0.29, 0.717) is 12.8 Å². The number of allylic oxidation sites excluding steroid dienone is 20. The first-order valence-corrected chi connectivity index (χ1v) is 20.1. The molecule has 0 N–H and O–H groups in total. The van der Waals surface area contributed by atoms with Gasteiger partial charge in [-0.05, 0) is 64.2 Å². The number of hydrogen-bond acceptors (Lipinski definition) is 7. The summed E-state index contributed by atoms with van der Waals surface area (Å²) < 4.78 is 17.0. The number of carbonyl (C=O) groups is 3. The number of carboxylic acids is 1. The number of carbonyl (C=O) groups excluding carboxylic acids is 3. The molecule has 2 unspecified atom stereocenters. The maximum Gasteiger partial charge on any atom is 0.306 e. The van der Waals surface area contributed by atoms with Crippen LogP contribution < -0.4 is 5.11 Å². The molecule has 0 rings (SSSR count). The van der Waals surface area contributed by atoms with Crippen molar-refractivity contribution in [2.45, 2.75) is 116 Å². The Morgan fingerprint density at radius 1 is 0.564 bits per heavy atom. The van der Waals surface area contributed by atoms with Gasteiger partial charge < -0.3 is 28.6 Å². The van der Waals surface area contributed by atoms with Gasteiger partial charge in [0.2, 0.25) is 0 Å². The highest BCUT2D eigenvalue weighted by Gasteiger charge is 2.25. The number of unbranched alkanes of at least 4 members (excludes halogenated alkanes) is 3. The van der Waals surface area contributed by atoms with E-state index in [9.17, 15) is 19.5 Å². The van der Waals surface area contributed by atoms with E-state index < -0.39 is 24.1 Å². The van der Waals surface area contributed by atoms with Crippen LogP contribution in [-0.2, 0) is 28.6 Å². The minimum absolute atomic E-state index is 0.0127. The van der Waals surface area contributed by atoms with Gasteiger partial charge in [0, 0.05) is 19.3 Å². The Labute approximate surface area is 333 Å². The van der Waals surface area contributed by atoms with E-state index in [1.807, 2.05) is 60.8 Å². The summed E-state index contributed by atoms with van der Waals surface area (Å²) in [6.45, 7) is 4.23. The molecule has 306 valence electrons. The molecule has 0 heterocycles. The molecule has 0 amide bonds. The van der Waals surface area contributed by atoms with Crippen molar-refractivity contribution in [2.75, 3.05) is 41.0 Å². The van der Waals surface area contributed by atoms with E-state index in [-0.39, 0.29) is 49.5 Å². The van der Waals surface area contributed by atoms with Crippen molar-refractivity contribution < 1.29 is 38.2 Å². The van der Waals surface area contributed by atoms with E-state index >= 15 is 0 Å². The number of nitrogens with zero attached hydrogens (tertiary/aromatic N) is 1. The van der Waals surface area contributed by atoms with Crippen molar-refractivity contribution in [1.29, 1.82) is 0 Å². The van der Waals surface area contributed by atoms with Gasteiger partial charge in [0.05, 0.1) is 40.3 Å². The number of aliphatic carboxylic acids is 1. The third-order valence-corrected chi connectivity index (χ3v) is 7.98. The molecule has 0 aromatic rings. The molecule has 2 atom stereocenters. The molecule has 8 heteroatoms. The fourth-order valence-corrected chi connectivity index (χ4v) is 4.90. The Morgan fingerprint density at radius 3 is 1.64 bits per heavy atom. The molecule has 0 fully saturated rings. The fourth-order valence-electron chi connectivity index (χ4n) is 4.90. The molecular weight excluding hydrogens is 691 g/mol. The third kappa shape index (κ3) is 35.2. The molecule has 8 nitrogen and oxygen atoms in total. The molecule has 0 saturated heterocycles. The van der Waals surface area contributed by atoms with Crippen LogP contribution in [0.3, 0.4) is 0 Å². The number of quaternary nitrogens is 1. The van der Waals surface area contributed by atoms with E-state index in [1.165, 1.54) is 0 Å². The summed E-state index contributed by atoms with van der Waals surface area (Å²) in [6, 6.07) is -0.753. The Hall–Kier alpha value is -4.27. The van der Waals surface area contributed by atoms with Gasteiger partial charge in [-0.25, -0.2) is 0 Å². The van der Waals surface area contributed by atoms with Crippen molar-refractivity contribution >= 4 is 17.9 Å². The molecule has 0 spiro atoms. The van der Waals surface area contributed by atoms with Gasteiger partial charge in [-0.2, -0.15) is 0 Å². The number of hydrogen-bond donors (Lipinski definition) is 0. The molecular formula is C47H71NO7. The van der Waals surface area contributed by atoms with Gasteiger partial charge in [0.1, 0.15) is 12.6 Å². The van der Waals surface area contributed by atoms with Crippen molar-refractivity contribution in [2.24, 2.45) is 0 Å². The quantitative estimate of drug-likeness (QED) is 0.0216. The van der Waals surface area contributed by atoms with Crippen LogP contribution in [-0.4, -0.2) is 75.5 Å². The minimum Gasteiger partial charge on any atom is -0.544 e. The lowest BCUT2D eigenvalue weighted by Crippen LogP contribution is -2.55. The zero-order valence-corrected chi connectivity index (χ0v) is 34.5. The van der Waals surface area contributed by atoms with Gasteiger partial charge in [-0.1, -0.05) is 142 Å². The number of rotatable bonds is 33. The summed E-state index contributed by atoms with van der Waals surface area (Å²) in [6.07, 6.45) is 51.0. The summed E-state index contributed by atoms with van der Waals surface area (Å²) >= 11 is 0. The first kappa shape index (κ1) is 50.7. The Bertz CT molecular complexity index is 1300. The average molecular weight is 762 g/mol. The Kier molecular flexibility index (Phi) is 33.8. The highest BCUT2D eigenvalue weighted by Crippen LogP contribution is 2.10. The summed E-state index contributed by atoms with van der Waals surface area (Å²) in [5, 5.41) is 11.6. The zero-order valence-electron chi connectivity index (χ0n) is 34.5. The van der Waals surface area contributed by atoms with Crippen LogP contribution in [0, 0.1) is 0 Å². The van der Waals surface area contributed by atoms with Gasteiger partial charge in [0.25, 0.3) is 0 Å². The van der Waals surface area contributed by atoms with Crippen LogP contribution in [0.25, 0.3) is 0 Å². The Balaban J connectivity index is 4.64. The second kappa shape index (κ2) is 36.7. The zero-order chi connectivity index (χ0) is 40.7. The second-order valence-electron chi connectivity index (χ2n) is 13.9. The summed E-state index contributed by atoms with van der Waals surface area (Å²) in [7, 11) is 5.34.